The number of carboxylic acid groups (broad SMARTS) is 1. The zero-order valence-corrected chi connectivity index (χ0v) is 12.8. The molecule has 1 N–H and O–H groups in total. The van der Waals surface area contributed by atoms with Gasteiger partial charge < -0.3 is 5.11 Å². The SMILES string of the molecule is O=C(O)C1CCCCCC1Sc1ccc(Cl)c(Cl)c1. The summed E-state index contributed by atoms with van der Waals surface area (Å²) in [4.78, 5) is 12.4. The highest BCUT2D eigenvalue weighted by atomic mass is 35.5. The lowest BCUT2D eigenvalue weighted by molar-refractivity contribution is -0.141. The van der Waals surface area contributed by atoms with E-state index in [1.54, 1.807) is 17.8 Å². The van der Waals surface area contributed by atoms with Gasteiger partial charge in [-0.1, -0.05) is 42.5 Å². The number of aliphatic carboxylic acids is 1. The molecule has 0 radical (unpaired) electrons. The van der Waals surface area contributed by atoms with E-state index in [9.17, 15) is 9.90 Å². The summed E-state index contributed by atoms with van der Waals surface area (Å²) in [6.07, 6.45) is 4.95. The van der Waals surface area contributed by atoms with Crippen LogP contribution in [0.25, 0.3) is 0 Å². The molecule has 2 atom stereocenters. The summed E-state index contributed by atoms with van der Waals surface area (Å²) in [5, 5.41) is 10.5. The van der Waals surface area contributed by atoms with E-state index in [-0.39, 0.29) is 11.2 Å². The second-order valence-electron chi connectivity index (χ2n) is 4.81. The fourth-order valence-corrected chi connectivity index (χ4v) is 4.17. The zero-order valence-electron chi connectivity index (χ0n) is 10.4. The van der Waals surface area contributed by atoms with Crippen LogP contribution in [0.5, 0.6) is 0 Å². The molecule has 2 nitrogen and oxygen atoms in total. The summed E-state index contributed by atoms with van der Waals surface area (Å²) < 4.78 is 0. The van der Waals surface area contributed by atoms with Crippen LogP contribution in [0.15, 0.2) is 23.1 Å². The first kappa shape index (κ1) is 15.0. The maximum absolute atomic E-state index is 11.4. The molecule has 0 heterocycles. The van der Waals surface area contributed by atoms with Crippen molar-refractivity contribution in [3.05, 3.63) is 28.2 Å². The van der Waals surface area contributed by atoms with Crippen LogP contribution in [0, 0.1) is 5.92 Å². The van der Waals surface area contributed by atoms with Crippen molar-refractivity contribution in [1.29, 1.82) is 0 Å². The third kappa shape index (κ3) is 4.04. The Morgan fingerprint density at radius 1 is 1.16 bits per heavy atom. The molecule has 1 aromatic carbocycles. The molecule has 1 aliphatic rings. The minimum absolute atomic E-state index is 0.122. The predicted octanol–water partition coefficient (Wildman–Crippen LogP) is 5.12. The monoisotopic (exact) mass is 318 g/mol. The van der Waals surface area contributed by atoms with Gasteiger partial charge in [-0.2, -0.15) is 0 Å². The summed E-state index contributed by atoms with van der Waals surface area (Å²) in [5.41, 5.74) is 0. The van der Waals surface area contributed by atoms with Crippen LogP contribution in [-0.2, 0) is 4.79 Å². The van der Waals surface area contributed by atoms with Gasteiger partial charge in [0.15, 0.2) is 0 Å². The molecule has 2 rings (SSSR count). The smallest absolute Gasteiger partial charge is 0.307 e. The Labute approximate surface area is 127 Å². The first-order chi connectivity index (χ1) is 9.08. The third-order valence-corrected chi connectivity index (χ3v) is 5.58. The van der Waals surface area contributed by atoms with Crippen molar-refractivity contribution in [2.75, 3.05) is 0 Å². The largest absolute Gasteiger partial charge is 0.481 e. The molecule has 1 saturated carbocycles. The Kier molecular flexibility index (Phi) is 5.43. The maximum atomic E-state index is 11.4. The Morgan fingerprint density at radius 3 is 2.58 bits per heavy atom. The fraction of sp³-hybridized carbons (Fsp3) is 0.500. The van der Waals surface area contributed by atoms with Gasteiger partial charge in [-0.25, -0.2) is 0 Å². The van der Waals surface area contributed by atoms with Crippen LogP contribution in [0.1, 0.15) is 32.1 Å². The van der Waals surface area contributed by atoms with Gasteiger partial charge in [0, 0.05) is 10.1 Å². The quantitative estimate of drug-likeness (QED) is 0.786. The second kappa shape index (κ2) is 6.87. The van der Waals surface area contributed by atoms with Gasteiger partial charge in [0.25, 0.3) is 0 Å². The lowest BCUT2D eigenvalue weighted by Gasteiger charge is -2.21. The van der Waals surface area contributed by atoms with E-state index < -0.39 is 5.97 Å². The molecule has 5 heteroatoms. The third-order valence-electron chi connectivity index (χ3n) is 3.45. The molecule has 0 amide bonds. The van der Waals surface area contributed by atoms with E-state index in [0.29, 0.717) is 10.0 Å². The topological polar surface area (TPSA) is 37.3 Å². The van der Waals surface area contributed by atoms with E-state index in [0.717, 1.165) is 37.0 Å². The lowest BCUT2D eigenvalue weighted by atomic mass is 10.0. The number of carbonyl (C=O) groups is 1. The second-order valence-corrected chi connectivity index (χ2v) is 6.94. The van der Waals surface area contributed by atoms with Crippen LogP contribution < -0.4 is 0 Å². The molecule has 0 spiro atoms. The Bertz CT molecular complexity index is 465. The van der Waals surface area contributed by atoms with E-state index in [4.69, 9.17) is 23.2 Å². The van der Waals surface area contributed by atoms with E-state index in [1.165, 1.54) is 0 Å². The molecular formula is C14H16Cl2O2S. The van der Waals surface area contributed by atoms with E-state index >= 15 is 0 Å². The molecule has 0 aliphatic heterocycles. The van der Waals surface area contributed by atoms with Crippen LogP contribution in [-0.4, -0.2) is 16.3 Å². The van der Waals surface area contributed by atoms with Crippen molar-refractivity contribution in [3.63, 3.8) is 0 Å². The van der Waals surface area contributed by atoms with Gasteiger partial charge in [-0.15, -0.1) is 11.8 Å². The van der Waals surface area contributed by atoms with Gasteiger partial charge >= 0.3 is 5.97 Å². The summed E-state index contributed by atoms with van der Waals surface area (Å²) in [7, 11) is 0. The van der Waals surface area contributed by atoms with E-state index in [2.05, 4.69) is 0 Å². The zero-order chi connectivity index (χ0) is 13.8. The van der Waals surface area contributed by atoms with Crippen LogP contribution >= 0.6 is 35.0 Å². The minimum Gasteiger partial charge on any atom is -0.481 e. The van der Waals surface area contributed by atoms with Crippen molar-refractivity contribution >= 4 is 40.9 Å². The highest BCUT2D eigenvalue weighted by Gasteiger charge is 2.30. The molecule has 2 unspecified atom stereocenters. The number of rotatable bonds is 3. The first-order valence-corrected chi connectivity index (χ1v) is 8.06. The Balaban J connectivity index is 2.13. The van der Waals surface area contributed by atoms with Crippen molar-refractivity contribution in [2.45, 2.75) is 42.2 Å². The number of benzene rings is 1. The predicted molar refractivity (Wildman–Crippen MR) is 80.3 cm³/mol. The summed E-state index contributed by atoms with van der Waals surface area (Å²) in [5.74, 6) is -0.943. The van der Waals surface area contributed by atoms with Crippen molar-refractivity contribution in [3.8, 4) is 0 Å². The van der Waals surface area contributed by atoms with Gasteiger partial charge in [0.1, 0.15) is 0 Å². The Morgan fingerprint density at radius 2 is 1.89 bits per heavy atom. The Hall–Kier alpha value is -0.380. The van der Waals surface area contributed by atoms with Gasteiger partial charge in [0.05, 0.1) is 16.0 Å². The van der Waals surface area contributed by atoms with Gasteiger partial charge in [0.2, 0.25) is 0 Å². The first-order valence-electron chi connectivity index (χ1n) is 6.42. The molecule has 1 aliphatic carbocycles. The normalized spacial score (nSPS) is 23.9. The van der Waals surface area contributed by atoms with Crippen molar-refractivity contribution in [2.24, 2.45) is 5.92 Å². The summed E-state index contributed by atoms with van der Waals surface area (Å²) in [6, 6.07) is 5.49. The molecule has 104 valence electrons. The molecule has 0 aromatic heterocycles. The standard InChI is InChI=1S/C14H16Cl2O2S/c15-11-7-6-9(8-12(11)16)19-13-5-3-1-2-4-10(13)14(17)18/h6-8,10,13H,1-5H2,(H,17,18). The number of hydrogen-bond donors (Lipinski definition) is 1. The number of thioether (sulfide) groups is 1. The summed E-state index contributed by atoms with van der Waals surface area (Å²) >= 11 is 13.5. The molecular weight excluding hydrogens is 303 g/mol. The molecule has 0 bridgehead atoms. The summed E-state index contributed by atoms with van der Waals surface area (Å²) in [6.45, 7) is 0. The van der Waals surface area contributed by atoms with Crippen LogP contribution in [0.4, 0.5) is 0 Å². The van der Waals surface area contributed by atoms with Gasteiger partial charge in [-0.3, -0.25) is 4.79 Å². The molecule has 0 saturated heterocycles. The molecule has 1 aromatic rings. The maximum Gasteiger partial charge on any atom is 0.307 e. The highest BCUT2D eigenvalue weighted by Crippen LogP contribution is 2.38. The number of halogens is 2. The lowest BCUT2D eigenvalue weighted by Crippen LogP contribution is -2.24. The number of hydrogen-bond acceptors (Lipinski definition) is 2. The number of carboxylic acids is 1. The van der Waals surface area contributed by atoms with Crippen LogP contribution in [0.3, 0.4) is 0 Å². The average Bonchev–Trinajstić information content (AvgIpc) is 2.59. The van der Waals surface area contributed by atoms with Crippen molar-refractivity contribution in [1.82, 2.24) is 0 Å². The minimum atomic E-state index is -0.681. The van der Waals surface area contributed by atoms with E-state index in [1.807, 2.05) is 12.1 Å². The molecule has 1 fully saturated rings. The highest BCUT2D eigenvalue weighted by molar-refractivity contribution is 8.00. The van der Waals surface area contributed by atoms with Crippen LogP contribution in [0.2, 0.25) is 10.0 Å². The molecule has 19 heavy (non-hydrogen) atoms. The fourth-order valence-electron chi connectivity index (χ4n) is 2.42. The average molecular weight is 319 g/mol. The van der Waals surface area contributed by atoms with Crippen molar-refractivity contribution < 1.29 is 9.90 Å². The van der Waals surface area contributed by atoms with Gasteiger partial charge in [-0.05, 0) is 31.0 Å².